The Morgan fingerprint density at radius 2 is 1.40 bits per heavy atom. The molecule has 4 atom stereocenters. The van der Waals surface area contributed by atoms with Crippen molar-refractivity contribution in [3.63, 3.8) is 0 Å². The van der Waals surface area contributed by atoms with Crippen LogP contribution in [0.5, 0.6) is 0 Å². The first-order valence-electron chi connectivity index (χ1n) is 6.34. The van der Waals surface area contributed by atoms with Gasteiger partial charge in [0, 0.05) is 0 Å². The second kappa shape index (κ2) is 3.50. The molecule has 0 radical (unpaired) electrons. The van der Waals surface area contributed by atoms with Crippen LogP contribution in [0.1, 0.15) is 48.0 Å². The number of hydrogen-bond acceptors (Lipinski definition) is 0. The zero-order valence-corrected chi connectivity index (χ0v) is 11.0. The lowest BCUT2D eigenvalue weighted by Crippen LogP contribution is -2.30. The van der Waals surface area contributed by atoms with Crippen molar-refractivity contribution in [2.24, 2.45) is 23.7 Å². The first-order valence-corrected chi connectivity index (χ1v) is 6.34. The third kappa shape index (κ3) is 1.41. The van der Waals surface area contributed by atoms with E-state index in [4.69, 9.17) is 0 Å². The fraction of sp³-hybridized carbons (Fsp3) is 0.733. The van der Waals surface area contributed by atoms with Crippen molar-refractivity contribution in [3.05, 3.63) is 22.3 Å². The van der Waals surface area contributed by atoms with Gasteiger partial charge in [-0.1, -0.05) is 38.8 Å². The molecule has 0 spiro atoms. The molecule has 0 amide bonds. The highest BCUT2D eigenvalue weighted by atomic mass is 14.4. The molecule has 0 aromatic heterocycles. The van der Waals surface area contributed by atoms with E-state index in [1.54, 1.807) is 22.3 Å². The molecule has 0 nitrogen and oxygen atoms in total. The van der Waals surface area contributed by atoms with Gasteiger partial charge >= 0.3 is 0 Å². The van der Waals surface area contributed by atoms with Crippen LogP contribution < -0.4 is 0 Å². The molecule has 84 valence electrons. The van der Waals surface area contributed by atoms with E-state index in [1.165, 1.54) is 6.42 Å². The Labute approximate surface area is 94.5 Å². The fourth-order valence-corrected chi connectivity index (χ4v) is 3.52. The Kier molecular flexibility index (Phi) is 2.56. The van der Waals surface area contributed by atoms with Gasteiger partial charge in [-0.05, 0) is 55.1 Å². The standard InChI is InChI=1S/C15H24/c1-8-7-14-12(5)10(3)11(4)13(6)15(14)9(8)2/h10-13H,7H2,1-6H3. The second-order valence-corrected chi connectivity index (χ2v) is 5.82. The molecule has 0 heterocycles. The molecule has 0 N–H and O–H groups in total. The van der Waals surface area contributed by atoms with Crippen molar-refractivity contribution in [1.82, 2.24) is 0 Å². The molecule has 0 saturated heterocycles. The maximum absolute atomic E-state index is 2.43. The summed E-state index contributed by atoms with van der Waals surface area (Å²) in [4.78, 5) is 0. The van der Waals surface area contributed by atoms with Crippen molar-refractivity contribution in [2.45, 2.75) is 48.0 Å². The van der Waals surface area contributed by atoms with Crippen LogP contribution >= 0.6 is 0 Å². The highest BCUT2D eigenvalue weighted by Gasteiger charge is 2.38. The predicted octanol–water partition coefficient (Wildman–Crippen LogP) is 4.58. The Morgan fingerprint density at radius 3 is 2.00 bits per heavy atom. The van der Waals surface area contributed by atoms with Crippen LogP contribution in [0.4, 0.5) is 0 Å². The lowest BCUT2D eigenvalue weighted by atomic mass is 9.66. The number of rotatable bonds is 0. The minimum Gasteiger partial charge on any atom is -0.0660 e. The molecule has 2 aliphatic carbocycles. The van der Waals surface area contributed by atoms with Crippen LogP contribution in [-0.4, -0.2) is 0 Å². The van der Waals surface area contributed by atoms with E-state index in [2.05, 4.69) is 41.5 Å². The summed E-state index contributed by atoms with van der Waals surface area (Å²) in [7, 11) is 0. The van der Waals surface area contributed by atoms with Crippen molar-refractivity contribution in [2.75, 3.05) is 0 Å². The highest BCUT2D eigenvalue weighted by molar-refractivity contribution is 5.49. The molecule has 2 rings (SSSR count). The van der Waals surface area contributed by atoms with E-state index in [0.29, 0.717) is 0 Å². The van der Waals surface area contributed by atoms with Crippen molar-refractivity contribution >= 4 is 0 Å². The molecule has 0 bridgehead atoms. The molecular weight excluding hydrogens is 180 g/mol. The molecule has 0 heteroatoms. The zero-order valence-electron chi connectivity index (χ0n) is 11.0. The van der Waals surface area contributed by atoms with Gasteiger partial charge in [-0.3, -0.25) is 0 Å². The average molecular weight is 204 g/mol. The third-order valence-electron chi connectivity index (χ3n) is 5.26. The third-order valence-corrected chi connectivity index (χ3v) is 5.26. The van der Waals surface area contributed by atoms with E-state index in [-0.39, 0.29) is 0 Å². The topological polar surface area (TPSA) is 0 Å². The minimum atomic E-state index is 0.767. The minimum absolute atomic E-state index is 0.767. The summed E-state index contributed by atoms with van der Waals surface area (Å²) in [6.45, 7) is 14.3. The van der Waals surface area contributed by atoms with Crippen LogP contribution in [0.3, 0.4) is 0 Å². The first-order chi connectivity index (χ1) is 6.95. The van der Waals surface area contributed by atoms with E-state index in [1.807, 2.05) is 0 Å². The van der Waals surface area contributed by atoms with Crippen LogP contribution in [0.15, 0.2) is 22.3 Å². The van der Waals surface area contributed by atoms with Gasteiger partial charge in [0.05, 0.1) is 0 Å². The van der Waals surface area contributed by atoms with Gasteiger partial charge in [0.2, 0.25) is 0 Å². The number of allylic oxidation sites excluding steroid dienone is 4. The summed E-state index contributed by atoms with van der Waals surface area (Å²) in [5, 5.41) is 0. The summed E-state index contributed by atoms with van der Waals surface area (Å²) in [6.07, 6.45) is 1.25. The average Bonchev–Trinajstić information content (AvgIpc) is 2.50. The van der Waals surface area contributed by atoms with E-state index < -0.39 is 0 Å². The van der Waals surface area contributed by atoms with Gasteiger partial charge in [0.1, 0.15) is 0 Å². The quantitative estimate of drug-likeness (QED) is 0.542. The van der Waals surface area contributed by atoms with E-state index >= 15 is 0 Å². The summed E-state index contributed by atoms with van der Waals surface area (Å²) < 4.78 is 0. The maximum Gasteiger partial charge on any atom is -0.00966 e. The van der Waals surface area contributed by atoms with E-state index in [0.717, 1.165) is 23.7 Å². The molecule has 2 aliphatic rings. The largest absolute Gasteiger partial charge is 0.0660 e. The summed E-state index contributed by atoms with van der Waals surface area (Å²) in [6, 6.07) is 0. The Bertz CT molecular complexity index is 343. The lowest BCUT2D eigenvalue weighted by molar-refractivity contribution is 0.229. The lowest BCUT2D eigenvalue weighted by Gasteiger charge is -2.39. The van der Waals surface area contributed by atoms with Crippen molar-refractivity contribution < 1.29 is 0 Å². The summed E-state index contributed by atoms with van der Waals surface area (Å²) >= 11 is 0. The molecular formula is C15H24. The van der Waals surface area contributed by atoms with Gasteiger partial charge in [0.15, 0.2) is 0 Å². The molecule has 0 aromatic rings. The van der Waals surface area contributed by atoms with Gasteiger partial charge < -0.3 is 0 Å². The van der Waals surface area contributed by atoms with Crippen LogP contribution in [-0.2, 0) is 0 Å². The van der Waals surface area contributed by atoms with Gasteiger partial charge in [0.25, 0.3) is 0 Å². The van der Waals surface area contributed by atoms with Gasteiger partial charge in [-0.15, -0.1) is 0 Å². The molecule has 0 aliphatic heterocycles. The van der Waals surface area contributed by atoms with Gasteiger partial charge in [-0.25, -0.2) is 0 Å². The molecule has 0 aromatic carbocycles. The normalized spacial score (nSPS) is 41.2. The molecule has 0 fully saturated rings. The monoisotopic (exact) mass is 204 g/mol. The SMILES string of the molecule is CC1=C(C)C2=C(C1)C(C)C(C)C(C)C2C. The molecule has 4 unspecified atom stereocenters. The molecule has 0 saturated carbocycles. The van der Waals surface area contributed by atoms with Crippen LogP contribution in [0.25, 0.3) is 0 Å². The van der Waals surface area contributed by atoms with Gasteiger partial charge in [-0.2, -0.15) is 0 Å². The maximum atomic E-state index is 2.43. The Hall–Kier alpha value is -0.520. The highest BCUT2D eigenvalue weighted by Crippen LogP contribution is 2.50. The van der Waals surface area contributed by atoms with E-state index in [9.17, 15) is 0 Å². The van der Waals surface area contributed by atoms with Crippen molar-refractivity contribution in [1.29, 1.82) is 0 Å². The number of hydrogen-bond donors (Lipinski definition) is 0. The second-order valence-electron chi connectivity index (χ2n) is 5.82. The summed E-state index contributed by atoms with van der Waals surface area (Å²) in [5.74, 6) is 3.24. The first kappa shape index (κ1) is 11.0. The van der Waals surface area contributed by atoms with Crippen molar-refractivity contribution in [3.8, 4) is 0 Å². The fourth-order valence-electron chi connectivity index (χ4n) is 3.52. The predicted molar refractivity (Wildman–Crippen MR) is 66.7 cm³/mol. The van der Waals surface area contributed by atoms with Crippen LogP contribution in [0, 0.1) is 23.7 Å². The van der Waals surface area contributed by atoms with Crippen LogP contribution in [0.2, 0.25) is 0 Å². The zero-order chi connectivity index (χ0) is 11.3. The smallest absolute Gasteiger partial charge is 0.00966 e. The molecule has 15 heavy (non-hydrogen) atoms. The Morgan fingerprint density at radius 1 is 0.867 bits per heavy atom. The summed E-state index contributed by atoms with van der Waals surface area (Å²) in [5.41, 5.74) is 6.68. The Balaban J connectivity index is 2.46.